The Morgan fingerprint density at radius 2 is 2.10 bits per heavy atom. The minimum atomic E-state index is -1.08. The lowest BCUT2D eigenvalue weighted by atomic mass is 10.2. The summed E-state index contributed by atoms with van der Waals surface area (Å²) in [6.07, 6.45) is 0.943. The highest BCUT2D eigenvalue weighted by Crippen LogP contribution is 2.38. The average molecular weight is 343 g/mol. The monoisotopic (exact) mass is 342 g/mol. The summed E-state index contributed by atoms with van der Waals surface area (Å²) in [5, 5.41) is 12.4. The first-order chi connectivity index (χ1) is 9.91. The molecule has 2 heterocycles. The third-order valence-electron chi connectivity index (χ3n) is 3.30. The minimum Gasteiger partial charge on any atom is -0.480 e. The van der Waals surface area contributed by atoms with E-state index in [-0.39, 0.29) is 5.91 Å². The van der Waals surface area contributed by atoms with Crippen LogP contribution in [0.2, 0.25) is 4.34 Å². The molecule has 5 nitrogen and oxygen atoms in total. The lowest BCUT2D eigenvalue weighted by Crippen LogP contribution is -2.42. The smallest absolute Gasteiger partial charge is 0.329 e. The fourth-order valence-electron chi connectivity index (χ4n) is 1.93. The summed E-state index contributed by atoms with van der Waals surface area (Å²) in [7, 11) is 0. The topological polar surface area (TPSA) is 79.3 Å². The van der Waals surface area contributed by atoms with Crippen LogP contribution in [0.3, 0.4) is 0 Å². The highest BCUT2D eigenvalue weighted by atomic mass is 35.5. The second-order valence-corrected chi connectivity index (χ2v) is 7.59. The van der Waals surface area contributed by atoms with Gasteiger partial charge in [-0.05, 0) is 31.9 Å². The van der Waals surface area contributed by atoms with Gasteiger partial charge >= 0.3 is 5.97 Å². The van der Waals surface area contributed by atoms with Crippen molar-refractivity contribution in [3.63, 3.8) is 0 Å². The van der Waals surface area contributed by atoms with Gasteiger partial charge in [0, 0.05) is 0 Å². The van der Waals surface area contributed by atoms with Crippen molar-refractivity contribution in [2.75, 3.05) is 0 Å². The van der Waals surface area contributed by atoms with Crippen molar-refractivity contribution < 1.29 is 14.7 Å². The predicted molar refractivity (Wildman–Crippen MR) is 82.2 cm³/mol. The minimum absolute atomic E-state index is 0.376. The number of aromatic nitrogens is 1. The van der Waals surface area contributed by atoms with Gasteiger partial charge in [-0.3, -0.25) is 4.79 Å². The fraction of sp³-hybridized carbons (Fsp3) is 0.308. The summed E-state index contributed by atoms with van der Waals surface area (Å²) in [6.45, 7) is 1.74. The van der Waals surface area contributed by atoms with Gasteiger partial charge in [-0.2, -0.15) is 0 Å². The molecule has 0 aliphatic heterocycles. The zero-order chi connectivity index (χ0) is 15.2. The fourth-order valence-corrected chi connectivity index (χ4v) is 3.99. The molecule has 2 N–H and O–H groups in total. The number of nitrogens with one attached hydrogen (secondary N) is 1. The third kappa shape index (κ3) is 2.68. The number of thiophene rings is 1. The normalized spacial score (nSPS) is 15.7. The molecule has 1 aliphatic carbocycles. The molecule has 0 unspecified atom stereocenters. The first-order valence-corrected chi connectivity index (χ1v) is 8.21. The van der Waals surface area contributed by atoms with Crippen molar-refractivity contribution in [1.29, 1.82) is 0 Å². The maximum absolute atomic E-state index is 12.2. The number of aliphatic carboxylic acids is 1. The lowest BCUT2D eigenvalue weighted by Gasteiger charge is -2.11. The highest BCUT2D eigenvalue weighted by Gasteiger charge is 2.52. The van der Waals surface area contributed by atoms with Crippen molar-refractivity contribution in [2.45, 2.75) is 25.3 Å². The van der Waals surface area contributed by atoms with Crippen molar-refractivity contribution in [3.8, 4) is 9.88 Å². The number of carbonyl (C=O) groups is 2. The molecule has 21 heavy (non-hydrogen) atoms. The number of hydrogen-bond acceptors (Lipinski definition) is 5. The van der Waals surface area contributed by atoms with Crippen LogP contribution in [0, 0.1) is 6.92 Å². The van der Waals surface area contributed by atoms with E-state index in [1.807, 2.05) is 6.07 Å². The molecule has 0 atom stereocenters. The molecule has 1 aliphatic rings. The number of hydrogen-bond donors (Lipinski definition) is 2. The molecule has 0 saturated heterocycles. The Kier molecular flexibility index (Phi) is 3.51. The Bertz CT molecular complexity index is 734. The number of amides is 1. The van der Waals surface area contributed by atoms with Crippen LogP contribution >= 0.6 is 34.3 Å². The van der Waals surface area contributed by atoms with E-state index in [0.717, 1.165) is 9.88 Å². The Morgan fingerprint density at radius 3 is 2.62 bits per heavy atom. The molecule has 1 fully saturated rings. The first kappa shape index (κ1) is 14.5. The largest absolute Gasteiger partial charge is 0.480 e. The van der Waals surface area contributed by atoms with Gasteiger partial charge < -0.3 is 10.4 Å². The van der Waals surface area contributed by atoms with Crippen LogP contribution in [0.5, 0.6) is 0 Å². The average Bonchev–Trinajstić information content (AvgIpc) is 2.90. The van der Waals surface area contributed by atoms with E-state index in [1.54, 1.807) is 13.0 Å². The summed E-state index contributed by atoms with van der Waals surface area (Å²) >= 11 is 8.54. The second kappa shape index (κ2) is 5.08. The Balaban J connectivity index is 1.84. The molecule has 0 aromatic carbocycles. The number of carbonyl (C=O) groups excluding carboxylic acids is 1. The number of carboxylic acids is 1. The number of carboxylic acid groups (broad SMARTS) is 1. The predicted octanol–water partition coefficient (Wildman–Crippen LogP) is 3.18. The van der Waals surface area contributed by atoms with Crippen LogP contribution < -0.4 is 5.32 Å². The highest BCUT2D eigenvalue weighted by molar-refractivity contribution is 7.24. The number of aryl methyl sites for hydroxylation is 1. The van der Waals surface area contributed by atoms with E-state index in [0.29, 0.717) is 27.7 Å². The van der Waals surface area contributed by atoms with Gasteiger partial charge in [0.1, 0.15) is 15.4 Å². The van der Waals surface area contributed by atoms with E-state index in [4.69, 9.17) is 16.7 Å². The Labute approximate surface area is 133 Å². The van der Waals surface area contributed by atoms with Gasteiger partial charge in [0.25, 0.3) is 5.91 Å². The van der Waals surface area contributed by atoms with Crippen molar-refractivity contribution in [1.82, 2.24) is 10.3 Å². The van der Waals surface area contributed by atoms with Crippen LogP contribution in [-0.4, -0.2) is 27.5 Å². The SMILES string of the molecule is Cc1nc(-c2ccc(Cl)s2)sc1C(=O)NC1(C(=O)O)CC1. The standard InChI is InChI=1S/C13H11ClN2O3S2/c1-6-9(10(17)16-13(4-5-13)12(18)19)21-11(15-6)7-2-3-8(14)20-7/h2-3H,4-5H2,1H3,(H,16,17)(H,18,19). The van der Waals surface area contributed by atoms with Crippen molar-refractivity contribution in [2.24, 2.45) is 0 Å². The van der Waals surface area contributed by atoms with Crippen LogP contribution in [0.25, 0.3) is 9.88 Å². The quantitative estimate of drug-likeness (QED) is 0.894. The van der Waals surface area contributed by atoms with Gasteiger partial charge in [-0.15, -0.1) is 22.7 Å². The third-order valence-corrected chi connectivity index (χ3v) is 5.86. The molecule has 0 bridgehead atoms. The van der Waals surface area contributed by atoms with Gasteiger partial charge in [-0.25, -0.2) is 9.78 Å². The van der Waals surface area contributed by atoms with E-state index < -0.39 is 11.5 Å². The van der Waals surface area contributed by atoms with E-state index >= 15 is 0 Å². The van der Waals surface area contributed by atoms with Crippen LogP contribution in [0.15, 0.2) is 12.1 Å². The zero-order valence-electron chi connectivity index (χ0n) is 11.0. The van der Waals surface area contributed by atoms with Crippen LogP contribution in [0.4, 0.5) is 0 Å². The molecule has 1 amide bonds. The van der Waals surface area contributed by atoms with Crippen molar-refractivity contribution >= 4 is 46.2 Å². The first-order valence-electron chi connectivity index (χ1n) is 6.20. The molecule has 0 spiro atoms. The van der Waals surface area contributed by atoms with E-state index in [2.05, 4.69) is 10.3 Å². The summed E-state index contributed by atoms with van der Waals surface area (Å²) in [5.41, 5.74) is -0.488. The summed E-state index contributed by atoms with van der Waals surface area (Å²) in [5.74, 6) is -1.36. The zero-order valence-corrected chi connectivity index (χ0v) is 13.4. The molecule has 2 aromatic rings. The van der Waals surface area contributed by atoms with Gasteiger partial charge in [0.2, 0.25) is 0 Å². The summed E-state index contributed by atoms with van der Waals surface area (Å²) in [6, 6.07) is 3.63. The molecule has 8 heteroatoms. The molecule has 0 radical (unpaired) electrons. The molecule has 3 rings (SSSR count). The van der Waals surface area contributed by atoms with Crippen LogP contribution in [0.1, 0.15) is 28.2 Å². The van der Waals surface area contributed by atoms with Gasteiger partial charge in [0.05, 0.1) is 14.9 Å². The molecule has 1 saturated carbocycles. The number of nitrogens with zero attached hydrogens (tertiary/aromatic N) is 1. The number of rotatable bonds is 4. The number of halogens is 1. The molecule has 110 valence electrons. The van der Waals surface area contributed by atoms with E-state index in [1.165, 1.54) is 22.7 Å². The Hall–Kier alpha value is -1.44. The lowest BCUT2D eigenvalue weighted by molar-refractivity contribution is -0.140. The van der Waals surface area contributed by atoms with Gasteiger partial charge in [-0.1, -0.05) is 11.6 Å². The Morgan fingerprint density at radius 1 is 1.38 bits per heavy atom. The van der Waals surface area contributed by atoms with E-state index in [9.17, 15) is 9.59 Å². The van der Waals surface area contributed by atoms with Gasteiger partial charge in [0.15, 0.2) is 0 Å². The molecule has 2 aromatic heterocycles. The maximum Gasteiger partial charge on any atom is 0.329 e. The maximum atomic E-state index is 12.2. The van der Waals surface area contributed by atoms with Crippen LogP contribution in [-0.2, 0) is 4.79 Å². The summed E-state index contributed by atoms with van der Waals surface area (Å²) < 4.78 is 0.659. The van der Waals surface area contributed by atoms with Crippen molar-refractivity contribution in [3.05, 3.63) is 27.0 Å². The second-order valence-electron chi connectivity index (χ2n) is 4.88. The molecular formula is C13H11ClN2O3S2. The molecular weight excluding hydrogens is 332 g/mol. The number of thiazole rings is 1. The summed E-state index contributed by atoms with van der Waals surface area (Å²) in [4.78, 5) is 29.1.